The van der Waals surface area contributed by atoms with E-state index in [9.17, 15) is 0 Å². The van der Waals surface area contributed by atoms with Crippen LogP contribution in [0.25, 0.3) is 0 Å². The Balaban J connectivity index is 4.87. The van der Waals surface area contributed by atoms with Gasteiger partial charge in [0, 0.05) is 0 Å². The zero-order valence-electron chi connectivity index (χ0n) is 11.5. The summed E-state index contributed by atoms with van der Waals surface area (Å²) in [6.45, 7) is 10.5. The molecule has 0 aliphatic carbocycles. The quantitative estimate of drug-likeness (QED) is 0.327. The Morgan fingerprint density at radius 1 is 1.31 bits per heavy atom. The van der Waals surface area contributed by atoms with Gasteiger partial charge in [-0.25, -0.2) is 0 Å². The SMILES string of the molecule is C=CCO/C(C#CC(C)(C)C)=[CH]\[Ge]([CH3])([CH3])[CH3]. The third-order valence-corrected chi connectivity index (χ3v) is 3.85. The molecule has 0 aliphatic rings. The van der Waals surface area contributed by atoms with Crippen LogP contribution >= 0.6 is 0 Å². The van der Waals surface area contributed by atoms with E-state index < -0.39 is 13.3 Å². The second kappa shape index (κ2) is 6.20. The predicted octanol–water partition coefficient (Wildman–Crippen LogP) is 4.00. The topological polar surface area (TPSA) is 9.23 Å². The van der Waals surface area contributed by atoms with E-state index in [1.165, 1.54) is 0 Å². The molecule has 0 aromatic carbocycles. The molecule has 0 unspecified atom stereocenters. The van der Waals surface area contributed by atoms with Gasteiger partial charge in [-0.2, -0.15) is 0 Å². The number of hydrogen-bond acceptors (Lipinski definition) is 1. The van der Waals surface area contributed by atoms with Crippen molar-refractivity contribution in [3.05, 3.63) is 23.3 Å². The predicted molar refractivity (Wildman–Crippen MR) is 74.8 cm³/mol. The van der Waals surface area contributed by atoms with E-state index in [2.05, 4.69) is 61.4 Å². The van der Waals surface area contributed by atoms with Gasteiger partial charge in [-0.1, -0.05) is 0 Å². The van der Waals surface area contributed by atoms with Crippen molar-refractivity contribution in [2.75, 3.05) is 6.61 Å². The third-order valence-electron chi connectivity index (χ3n) is 1.48. The molecule has 0 spiro atoms. The fourth-order valence-corrected chi connectivity index (χ4v) is 2.88. The normalized spacial score (nSPS) is 12.8. The Labute approximate surface area is 103 Å². The Hall–Kier alpha value is -0.617. The summed E-state index contributed by atoms with van der Waals surface area (Å²) >= 11 is -1.77. The van der Waals surface area contributed by atoms with Crippen molar-refractivity contribution in [2.45, 2.75) is 38.0 Å². The van der Waals surface area contributed by atoms with Crippen molar-refractivity contribution in [1.82, 2.24) is 0 Å². The molecule has 0 bridgehead atoms. The minimum atomic E-state index is -1.77. The summed E-state index contributed by atoms with van der Waals surface area (Å²) < 4.78 is 5.58. The van der Waals surface area contributed by atoms with Crippen LogP contribution in [0.15, 0.2) is 23.3 Å². The summed E-state index contributed by atoms with van der Waals surface area (Å²) in [5.41, 5.74) is 0.0154. The van der Waals surface area contributed by atoms with Crippen LogP contribution in [-0.2, 0) is 4.74 Å². The molecule has 0 saturated carbocycles. The molecule has 0 rings (SSSR count). The zero-order valence-corrected chi connectivity index (χ0v) is 13.6. The molecular weight excluding hydrogens is 257 g/mol. The molecule has 2 heteroatoms. The molecule has 0 aromatic rings. The van der Waals surface area contributed by atoms with Crippen molar-refractivity contribution < 1.29 is 4.74 Å². The number of allylic oxidation sites excluding steroid dienone is 1. The fourth-order valence-electron chi connectivity index (χ4n) is 0.905. The maximum atomic E-state index is 5.58. The van der Waals surface area contributed by atoms with Gasteiger partial charge in [0.2, 0.25) is 0 Å². The average Bonchev–Trinajstić information content (AvgIpc) is 2.06. The fraction of sp³-hybridized carbons (Fsp3) is 0.571. The molecule has 0 aromatic heterocycles. The first kappa shape index (κ1) is 15.4. The Morgan fingerprint density at radius 3 is 2.25 bits per heavy atom. The summed E-state index contributed by atoms with van der Waals surface area (Å²) in [4.78, 5) is 2.24. The third kappa shape index (κ3) is 9.92. The summed E-state index contributed by atoms with van der Waals surface area (Å²) in [6, 6.07) is 0. The van der Waals surface area contributed by atoms with Crippen LogP contribution < -0.4 is 0 Å². The van der Waals surface area contributed by atoms with Gasteiger partial charge in [0.1, 0.15) is 0 Å². The van der Waals surface area contributed by atoms with Crippen LogP contribution in [0.4, 0.5) is 0 Å². The van der Waals surface area contributed by atoms with Gasteiger partial charge in [-0.15, -0.1) is 0 Å². The summed E-state index contributed by atoms with van der Waals surface area (Å²) in [7, 11) is 0. The van der Waals surface area contributed by atoms with Crippen molar-refractivity contribution in [2.24, 2.45) is 5.41 Å². The number of hydrogen-bond donors (Lipinski definition) is 0. The Bertz CT molecular complexity index is 315. The van der Waals surface area contributed by atoms with E-state index in [-0.39, 0.29) is 5.41 Å². The molecule has 1 nitrogen and oxygen atoms in total. The first-order valence-electron chi connectivity index (χ1n) is 5.64. The van der Waals surface area contributed by atoms with Crippen LogP contribution in [-0.4, -0.2) is 19.9 Å². The summed E-state index contributed by atoms with van der Waals surface area (Å²) in [5.74, 6) is 14.1. The van der Waals surface area contributed by atoms with Crippen LogP contribution in [0.2, 0.25) is 17.3 Å². The molecule has 0 fully saturated rings. The minimum absolute atomic E-state index is 0.0154. The van der Waals surface area contributed by atoms with E-state index in [1.807, 2.05) is 0 Å². The second-order valence-corrected chi connectivity index (χ2v) is 16.5. The van der Waals surface area contributed by atoms with Crippen molar-refractivity contribution >= 4 is 13.3 Å². The van der Waals surface area contributed by atoms with Crippen molar-refractivity contribution in [3.63, 3.8) is 0 Å². The monoisotopic (exact) mass is 282 g/mol. The number of rotatable bonds is 4. The van der Waals surface area contributed by atoms with Crippen molar-refractivity contribution in [3.8, 4) is 11.8 Å². The van der Waals surface area contributed by atoms with Crippen LogP contribution in [0.1, 0.15) is 20.8 Å². The Morgan fingerprint density at radius 2 is 1.88 bits per heavy atom. The van der Waals surface area contributed by atoms with Gasteiger partial charge >= 0.3 is 103 Å². The standard InChI is InChI=1S/C14H24GeO/c1-8-11-16-13(12-15(5,6)7)9-10-14(2,3)4/h8,12H,1,11H2,2-7H3/b13-12-. The van der Waals surface area contributed by atoms with E-state index in [4.69, 9.17) is 4.74 Å². The zero-order chi connectivity index (χ0) is 12.8. The molecule has 0 radical (unpaired) electrons. The first-order valence-corrected chi connectivity index (χ1v) is 13.1. The van der Waals surface area contributed by atoms with E-state index in [1.54, 1.807) is 6.08 Å². The van der Waals surface area contributed by atoms with Crippen LogP contribution in [0, 0.1) is 17.3 Å². The first-order chi connectivity index (χ1) is 7.14. The van der Waals surface area contributed by atoms with E-state index >= 15 is 0 Å². The molecule has 0 heterocycles. The van der Waals surface area contributed by atoms with Gasteiger partial charge in [-0.3, -0.25) is 0 Å². The molecule has 0 saturated heterocycles. The molecule has 90 valence electrons. The summed E-state index contributed by atoms with van der Waals surface area (Å²) in [5, 5.41) is 0. The van der Waals surface area contributed by atoms with Gasteiger partial charge in [0.25, 0.3) is 0 Å². The van der Waals surface area contributed by atoms with Gasteiger partial charge in [0.15, 0.2) is 0 Å². The Kier molecular flexibility index (Phi) is 5.96. The number of ether oxygens (including phenoxy) is 1. The summed E-state index contributed by atoms with van der Waals surface area (Å²) in [6.07, 6.45) is 1.75. The molecule has 0 N–H and O–H groups in total. The molecule has 16 heavy (non-hydrogen) atoms. The van der Waals surface area contributed by atoms with Crippen molar-refractivity contribution in [1.29, 1.82) is 0 Å². The maximum absolute atomic E-state index is 5.58. The van der Waals surface area contributed by atoms with Gasteiger partial charge in [0.05, 0.1) is 0 Å². The van der Waals surface area contributed by atoms with Crippen LogP contribution in [0.3, 0.4) is 0 Å². The molecular formula is C14H24GeO. The molecule has 0 amide bonds. The van der Waals surface area contributed by atoms with Crippen LogP contribution in [0.5, 0.6) is 0 Å². The molecule has 0 aliphatic heterocycles. The average molecular weight is 281 g/mol. The van der Waals surface area contributed by atoms with Gasteiger partial charge in [-0.05, 0) is 0 Å². The second-order valence-electron chi connectivity index (χ2n) is 5.97. The van der Waals surface area contributed by atoms with E-state index in [0.717, 1.165) is 5.76 Å². The van der Waals surface area contributed by atoms with Gasteiger partial charge < -0.3 is 0 Å². The molecule has 0 atom stereocenters. The van der Waals surface area contributed by atoms with E-state index in [0.29, 0.717) is 6.61 Å².